The SMILES string of the molecule is CCn1cc(S(=O)(=O)NC2CCCN(C)C2)c(N)n1. The van der Waals surface area contributed by atoms with Crippen molar-refractivity contribution in [2.24, 2.45) is 0 Å². The number of hydrogen-bond donors (Lipinski definition) is 2. The van der Waals surface area contributed by atoms with Gasteiger partial charge in [0.2, 0.25) is 10.0 Å². The van der Waals surface area contributed by atoms with Crippen LogP contribution >= 0.6 is 0 Å². The van der Waals surface area contributed by atoms with Crippen molar-refractivity contribution in [2.45, 2.75) is 37.2 Å². The van der Waals surface area contributed by atoms with Gasteiger partial charge in [0.05, 0.1) is 0 Å². The predicted molar refractivity (Wildman–Crippen MR) is 73.2 cm³/mol. The number of aromatic nitrogens is 2. The molecule has 0 aliphatic carbocycles. The molecule has 1 aliphatic rings. The first-order chi connectivity index (χ1) is 8.92. The first kappa shape index (κ1) is 14.3. The van der Waals surface area contributed by atoms with Gasteiger partial charge in [-0.2, -0.15) is 5.10 Å². The fourth-order valence-corrected chi connectivity index (χ4v) is 3.67. The van der Waals surface area contributed by atoms with Crippen LogP contribution in [0.1, 0.15) is 19.8 Å². The lowest BCUT2D eigenvalue weighted by Crippen LogP contribution is -2.46. The number of rotatable bonds is 4. The highest BCUT2D eigenvalue weighted by molar-refractivity contribution is 7.89. The number of likely N-dealkylation sites (tertiary alicyclic amines) is 1. The fraction of sp³-hybridized carbons (Fsp3) is 0.727. The van der Waals surface area contributed by atoms with Crippen LogP contribution in [0.4, 0.5) is 5.82 Å². The van der Waals surface area contributed by atoms with Crippen LogP contribution in [0.5, 0.6) is 0 Å². The van der Waals surface area contributed by atoms with Crippen molar-refractivity contribution >= 4 is 15.8 Å². The summed E-state index contributed by atoms with van der Waals surface area (Å²) in [5.41, 5.74) is 5.67. The van der Waals surface area contributed by atoms with Gasteiger partial charge < -0.3 is 10.6 Å². The lowest BCUT2D eigenvalue weighted by molar-refractivity contribution is 0.242. The number of hydrogen-bond acceptors (Lipinski definition) is 5. The molecule has 0 radical (unpaired) electrons. The molecule has 0 spiro atoms. The summed E-state index contributed by atoms with van der Waals surface area (Å²) in [6.45, 7) is 4.20. The Hall–Kier alpha value is -1.12. The molecule has 1 aromatic rings. The van der Waals surface area contributed by atoms with E-state index in [0.29, 0.717) is 6.54 Å². The molecule has 0 aromatic carbocycles. The second-order valence-corrected chi connectivity index (χ2v) is 6.64. The van der Waals surface area contributed by atoms with Crippen molar-refractivity contribution in [3.05, 3.63) is 6.20 Å². The van der Waals surface area contributed by atoms with E-state index < -0.39 is 10.0 Å². The van der Waals surface area contributed by atoms with E-state index in [-0.39, 0.29) is 16.8 Å². The van der Waals surface area contributed by atoms with Crippen LogP contribution in [0.3, 0.4) is 0 Å². The monoisotopic (exact) mass is 287 g/mol. The van der Waals surface area contributed by atoms with Gasteiger partial charge in [-0.3, -0.25) is 4.68 Å². The second kappa shape index (κ2) is 5.48. The molecule has 8 heteroatoms. The summed E-state index contributed by atoms with van der Waals surface area (Å²) >= 11 is 0. The summed E-state index contributed by atoms with van der Waals surface area (Å²) < 4.78 is 28.8. The number of sulfonamides is 1. The van der Waals surface area contributed by atoms with E-state index in [4.69, 9.17) is 5.73 Å². The van der Waals surface area contributed by atoms with E-state index in [1.54, 1.807) is 0 Å². The quantitative estimate of drug-likeness (QED) is 0.804. The smallest absolute Gasteiger partial charge is 0.246 e. The molecule has 1 unspecified atom stereocenters. The Balaban J connectivity index is 2.15. The van der Waals surface area contributed by atoms with Gasteiger partial charge in [-0.15, -0.1) is 0 Å². The van der Waals surface area contributed by atoms with E-state index in [0.717, 1.165) is 25.9 Å². The molecule has 0 saturated carbocycles. The minimum absolute atomic E-state index is 0.0542. The molecule has 3 N–H and O–H groups in total. The highest BCUT2D eigenvalue weighted by Gasteiger charge is 2.26. The number of anilines is 1. The first-order valence-electron chi connectivity index (χ1n) is 6.46. The standard InChI is InChI=1S/C11H21N5O2S/c1-3-16-8-10(11(12)13-16)19(17,18)14-9-5-4-6-15(2)7-9/h8-9,14H,3-7H2,1-2H3,(H2,12,13). The molecule has 1 aromatic heterocycles. The van der Waals surface area contributed by atoms with Crippen LogP contribution in [-0.4, -0.2) is 49.3 Å². The molecule has 2 heterocycles. The summed E-state index contributed by atoms with van der Waals surface area (Å²) in [5.74, 6) is 0.0542. The van der Waals surface area contributed by atoms with Gasteiger partial charge in [-0.05, 0) is 33.4 Å². The summed E-state index contributed by atoms with van der Waals surface area (Å²) in [6.07, 6.45) is 3.32. The van der Waals surface area contributed by atoms with Crippen molar-refractivity contribution in [1.29, 1.82) is 0 Å². The number of piperidine rings is 1. The Morgan fingerprint density at radius 2 is 2.32 bits per heavy atom. The minimum atomic E-state index is -3.59. The van der Waals surface area contributed by atoms with E-state index in [1.165, 1.54) is 10.9 Å². The number of aryl methyl sites for hydroxylation is 1. The number of nitrogens with zero attached hydrogens (tertiary/aromatic N) is 3. The molecule has 1 fully saturated rings. The Morgan fingerprint density at radius 3 is 2.89 bits per heavy atom. The molecule has 108 valence electrons. The zero-order valence-electron chi connectivity index (χ0n) is 11.3. The van der Waals surface area contributed by atoms with Gasteiger partial charge in [0.15, 0.2) is 5.82 Å². The van der Waals surface area contributed by atoms with Crippen molar-refractivity contribution in [3.63, 3.8) is 0 Å². The van der Waals surface area contributed by atoms with Gasteiger partial charge in [0.25, 0.3) is 0 Å². The molecule has 2 rings (SSSR count). The van der Waals surface area contributed by atoms with E-state index >= 15 is 0 Å². The summed E-state index contributed by atoms with van der Waals surface area (Å²) in [5, 5.41) is 3.97. The Bertz CT molecular complexity index is 539. The van der Waals surface area contributed by atoms with Crippen LogP contribution in [0.25, 0.3) is 0 Å². The van der Waals surface area contributed by atoms with E-state index in [1.807, 2.05) is 14.0 Å². The maximum atomic E-state index is 12.3. The predicted octanol–water partition coefficient (Wildman–Crippen LogP) is -0.142. The Labute approximate surface area is 113 Å². The second-order valence-electron chi connectivity index (χ2n) is 4.96. The largest absolute Gasteiger partial charge is 0.381 e. The molecule has 19 heavy (non-hydrogen) atoms. The Kier molecular flexibility index (Phi) is 4.12. The van der Waals surface area contributed by atoms with Crippen LogP contribution in [-0.2, 0) is 16.6 Å². The van der Waals surface area contributed by atoms with E-state index in [2.05, 4.69) is 14.7 Å². The lowest BCUT2D eigenvalue weighted by atomic mass is 10.1. The van der Waals surface area contributed by atoms with Crippen LogP contribution in [0.2, 0.25) is 0 Å². The molecule has 1 aliphatic heterocycles. The number of nitrogens with two attached hydrogens (primary N) is 1. The molecule has 0 bridgehead atoms. The normalized spacial score (nSPS) is 21.7. The van der Waals surface area contributed by atoms with Gasteiger partial charge in [-0.25, -0.2) is 13.1 Å². The molecule has 7 nitrogen and oxygen atoms in total. The minimum Gasteiger partial charge on any atom is -0.381 e. The first-order valence-corrected chi connectivity index (χ1v) is 7.94. The van der Waals surface area contributed by atoms with Crippen LogP contribution in [0.15, 0.2) is 11.1 Å². The maximum absolute atomic E-state index is 12.3. The molecule has 1 atom stereocenters. The summed E-state index contributed by atoms with van der Waals surface area (Å²) in [4.78, 5) is 2.19. The average Bonchev–Trinajstić information content (AvgIpc) is 2.71. The van der Waals surface area contributed by atoms with Gasteiger partial charge >= 0.3 is 0 Å². The molecular formula is C11H21N5O2S. The van der Waals surface area contributed by atoms with Crippen LogP contribution < -0.4 is 10.5 Å². The summed E-state index contributed by atoms with van der Waals surface area (Å²) in [7, 11) is -1.60. The topological polar surface area (TPSA) is 93.2 Å². The lowest BCUT2D eigenvalue weighted by Gasteiger charge is -2.29. The molecular weight excluding hydrogens is 266 g/mol. The van der Waals surface area contributed by atoms with Crippen molar-refractivity contribution in [3.8, 4) is 0 Å². The fourth-order valence-electron chi connectivity index (χ4n) is 2.33. The maximum Gasteiger partial charge on any atom is 0.246 e. The average molecular weight is 287 g/mol. The third kappa shape index (κ3) is 3.26. The summed E-state index contributed by atoms with van der Waals surface area (Å²) in [6, 6.07) is -0.0619. The number of likely N-dealkylation sites (N-methyl/N-ethyl adjacent to an activating group) is 1. The van der Waals surface area contributed by atoms with Gasteiger partial charge in [0, 0.05) is 25.3 Å². The van der Waals surface area contributed by atoms with Gasteiger partial charge in [0.1, 0.15) is 4.90 Å². The number of nitrogens with one attached hydrogen (secondary N) is 1. The highest BCUT2D eigenvalue weighted by atomic mass is 32.2. The van der Waals surface area contributed by atoms with Crippen molar-refractivity contribution in [2.75, 3.05) is 25.9 Å². The van der Waals surface area contributed by atoms with E-state index in [9.17, 15) is 8.42 Å². The van der Waals surface area contributed by atoms with Crippen molar-refractivity contribution < 1.29 is 8.42 Å². The van der Waals surface area contributed by atoms with Crippen LogP contribution in [0, 0.1) is 0 Å². The third-order valence-corrected chi connectivity index (χ3v) is 4.85. The Morgan fingerprint density at radius 1 is 1.58 bits per heavy atom. The molecule has 0 amide bonds. The molecule has 1 saturated heterocycles. The third-order valence-electron chi connectivity index (χ3n) is 3.31. The van der Waals surface area contributed by atoms with Crippen molar-refractivity contribution in [1.82, 2.24) is 19.4 Å². The number of nitrogen functional groups attached to an aromatic ring is 1. The highest BCUT2D eigenvalue weighted by Crippen LogP contribution is 2.18. The zero-order chi connectivity index (χ0) is 14.0. The van der Waals surface area contributed by atoms with Gasteiger partial charge in [-0.1, -0.05) is 0 Å². The zero-order valence-corrected chi connectivity index (χ0v) is 12.2.